The van der Waals surface area contributed by atoms with Crippen molar-refractivity contribution < 1.29 is 14.0 Å². The molecule has 3 amide bonds. The second kappa shape index (κ2) is 9.27. The van der Waals surface area contributed by atoms with Gasteiger partial charge in [-0.25, -0.2) is 9.78 Å². The lowest BCUT2D eigenvalue weighted by molar-refractivity contribution is -0.117. The van der Waals surface area contributed by atoms with E-state index in [-0.39, 0.29) is 17.9 Å². The fraction of sp³-hybridized carbons (Fsp3) is 0.429. The second-order valence-electron chi connectivity index (χ2n) is 7.59. The van der Waals surface area contributed by atoms with Crippen molar-refractivity contribution in [3.63, 3.8) is 0 Å². The van der Waals surface area contributed by atoms with E-state index >= 15 is 0 Å². The molecule has 0 saturated heterocycles. The van der Waals surface area contributed by atoms with E-state index < -0.39 is 11.9 Å². The fourth-order valence-electron chi connectivity index (χ4n) is 3.71. The number of nitrogens with zero attached hydrogens (tertiary/aromatic N) is 2. The summed E-state index contributed by atoms with van der Waals surface area (Å²) in [7, 11) is 0. The summed E-state index contributed by atoms with van der Waals surface area (Å²) in [6.07, 6.45) is 4.47. The van der Waals surface area contributed by atoms with Gasteiger partial charge < -0.3 is 9.73 Å². The molecule has 3 aromatic heterocycles. The van der Waals surface area contributed by atoms with Gasteiger partial charge in [0.1, 0.15) is 10.6 Å². The number of fused-ring (bicyclic) bond motifs is 3. The Morgan fingerprint density at radius 3 is 3.00 bits per heavy atom. The van der Waals surface area contributed by atoms with Crippen LogP contribution < -0.4 is 16.2 Å². The van der Waals surface area contributed by atoms with Crippen LogP contribution in [0.5, 0.6) is 0 Å². The highest BCUT2D eigenvalue weighted by Crippen LogP contribution is 2.36. The average Bonchev–Trinajstić information content (AvgIpc) is 3.35. The molecule has 2 N–H and O–H groups in total. The maximum absolute atomic E-state index is 13.5. The van der Waals surface area contributed by atoms with Crippen LogP contribution >= 0.6 is 23.1 Å². The number of hydrogen-bond acceptors (Lipinski definition) is 7. The molecule has 3 heterocycles. The molecular weight excluding hydrogens is 436 g/mol. The molecular formula is C21H24N4O4S2. The van der Waals surface area contributed by atoms with E-state index in [9.17, 15) is 14.4 Å². The quantitative estimate of drug-likeness (QED) is 0.432. The predicted molar refractivity (Wildman–Crippen MR) is 121 cm³/mol. The molecule has 0 fully saturated rings. The summed E-state index contributed by atoms with van der Waals surface area (Å²) in [6, 6.07) is 3.04. The van der Waals surface area contributed by atoms with E-state index in [0.717, 1.165) is 36.6 Å². The summed E-state index contributed by atoms with van der Waals surface area (Å²) in [4.78, 5) is 43.9. The maximum atomic E-state index is 13.5. The Morgan fingerprint density at radius 1 is 1.42 bits per heavy atom. The van der Waals surface area contributed by atoms with Crippen LogP contribution in [0.4, 0.5) is 4.79 Å². The van der Waals surface area contributed by atoms with Gasteiger partial charge >= 0.3 is 6.03 Å². The molecule has 0 spiro atoms. The van der Waals surface area contributed by atoms with Gasteiger partial charge in [0, 0.05) is 11.4 Å². The third-order valence-electron chi connectivity index (χ3n) is 5.20. The van der Waals surface area contributed by atoms with Gasteiger partial charge in [-0.05, 0) is 49.8 Å². The van der Waals surface area contributed by atoms with Crippen molar-refractivity contribution in [3.8, 4) is 0 Å². The number of aryl methyl sites for hydroxylation is 1. The summed E-state index contributed by atoms with van der Waals surface area (Å²) >= 11 is 2.71. The number of thioether (sulfide) groups is 1. The van der Waals surface area contributed by atoms with E-state index in [1.165, 1.54) is 4.88 Å². The summed E-state index contributed by atoms with van der Waals surface area (Å²) in [5, 5.41) is 5.92. The zero-order valence-electron chi connectivity index (χ0n) is 17.4. The Bertz CT molecular complexity index is 1170. The minimum Gasteiger partial charge on any atom is -0.467 e. The molecule has 3 aromatic rings. The molecule has 8 nitrogen and oxygen atoms in total. The Morgan fingerprint density at radius 2 is 2.26 bits per heavy atom. The number of aromatic nitrogens is 2. The minimum absolute atomic E-state index is 0.0324. The van der Waals surface area contributed by atoms with Crippen LogP contribution in [0.1, 0.15) is 36.5 Å². The van der Waals surface area contributed by atoms with Gasteiger partial charge in [-0.2, -0.15) is 0 Å². The van der Waals surface area contributed by atoms with Gasteiger partial charge in [0.2, 0.25) is 5.91 Å². The zero-order chi connectivity index (χ0) is 22.0. The molecule has 0 aromatic carbocycles. The molecule has 1 aliphatic carbocycles. The summed E-state index contributed by atoms with van der Waals surface area (Å²) < 4.78 is 7.01. The molecule has 0 saturated carbocycles. The number of thiophene rings is 1. The highest BCUT2D eigenvalue weighted by molar-refractivity contribution is 7.99. The first-order chi connectivity index (χ1) is 15.0. The topological polar surface area (TPSA) is 106 Å². The van der Waals surface area contributed by atoms with E-state index in [2.05, 4.69) is 17.6 Å². The van der Waals surface area contributed by atoms with E-state index in [0.29, 0.717) is 33.6 Å². The van der Waals surface area contributed by atoms with Crippen molar-refractivity contribution in [2.75, 3.05) is 12.3 Å². The van der Waals surface area contributed by atoms with Crippen molar-refractivity contribution in [3.05, 3.63) is 45.0 Å². The molecule has 1 atom stereocenters. The summed E-state index contributed by atoms with van der Waals surface area (Å²) in [5.41, 5.74) is 1.01. The van der Waals surface area contributed by atoms with Crippen molar-refractivity contribution in [1.29, 1.82) is 0 Å². The summed E-state index contributed by atoms with van der Waals surface area (Å²) in [5.74, 6) is 0.747. The van der Waals surface area contributed by atoms with Gasteiger partial charge in [0.05, 0.1) is 23.9 Å². The first-order valence-electron chi connectivity index (χ1n) is 10.2. The van der Waals surface area contributed by atoms with Gasteiger partial charge in [-0.15, -0.1) is 11.3 Å². The Hall–Kier alpha value is -2.59. The van der Waals surface area contributed by atoms with E-state index in [4.69, 9.17) is 9.40 Å². The first-order valence-corrected chi connectivity index (χ1v) is 12.0. The molecule has 0 aliphatic heterocycles. The number of hydrogen-bond donors (Lipinski definition) is 2. The van der Waals surface area contributed by atoms with Crippen LogP contribution in [0.25, 0.3) is 10.2 Å². The fourth-order valence-corrected chi connectivity index (χ4v) is 5.93. The van der Waals surface area contributed by atoms with Gasteiger partial charge in [-0.1, -0.05) is 18.7 Å². The monoisotopic (exact) mass is 460 g/mol. The molecule has 1 aliphatic rings. The normalized spacial score (nSPS) is 15.6. The predicted octanol–water partition coefficient (Wildman–Crippen LogP) is 3.16. The number of carbonyl (C=O) groups excluding carboxylic acids is 2. The number of amides is 3. The molecule has 1 unspecified atom stereocenters. The number of carbonyl (C=O) groups is 2. The third-order valence-corrected chi connectivity index (χ3v) is 7.32. The second-order valence-corrected chi connectivity index (χ2v) is 9.62. The van der Waals surface area contributed by atoms with Crippen LogP contribution in [-0.4, -0.2) is 33.8 Å². The van der Waals surface area contributed by atoms with Gasteiger partial charge in [0.25, 0.3) is 5.56 Å². The summed E-state index contributed by atoms with van der Waals surface area (Å²) in [6.45, 7) is 4.65. The molecule has 0 radical (unpaired) electrons. The van der Waals surface area contributed by atoms with E-state index in [1.807, 2.05) is 0 Å². The Balaban J connectivity index is 1.68. The number of urea groups is 1. The lowest BCUT2D eigenvalue weighted by Crippen LogP contribution is -2.40. The molecule has 0 bridgehead atoms. The molecule has 31 heavy (non-hydrogen) atoms. The highest BCUT2D eigenvalue weighted by atomic mass is 32.2. The SMILES string of the molecule is CCNC(=O)NC(=O)CSc1nc2sc3c(c2c(=O)n1Cc1ccco1)CCC(C)C3. The van der Waals surface area contributed by atoms with Crippen LogP contribution in [0.3, 0.4) is 0 Å². The minimum atomic E-state index is -0.537. The lowest BCUT2D eigenvalue weighted by atomic mass is 9.89. The largest absolute Gasteiger partial charge is 0.467 e. The first kappa shape index (κ1) is 21.6. The molecule has 164 valence electrons. The van der Waals surface area contributed by atoms with E-state index in [1.54, 1.807) is 41.2 Å². The smallest absolute Gasteiger partial charge is 0.321 e. The van der Waals surface area contributed by atoms with Gasteiger partial charge in [0.15, 0.2) is 5.16 Å². The average molecular weight is 461 g/mol. The van der Waals surface area contributed by atoms with Crippen LogP contribution in [-0.2, 0) is 24.2 Å². The number of furan rings is 1. The molecule has 10 heteroatoms. The lowest BCUT2D eigenvalue weighted by Gasteiger charge is -2.17. The highest BCUT2D eigenvalue weighted by Gasteiger charge is 2.25. The molecule has 4 rings (SSSR count). The van der Waals surface area contributed by atoms with Crippen molar-refractivity contribution in [2.45, 2.75) is 44.8 Å². The number of rotatable bonds is 6. The van der Waals surface area contributed by atoms with Crippen molar-refractivity contribution in [2.24, 2.45) is 5.92 Å². The van der Waals surface area contributed by atoms with Crippen LogP contribution in [0.15, 0.2) is 32.8 Å². The number of nitrogens with one attached hydrogen (secondary N) is 2. The third kappa shape index (κ3) is 4.69. The zero-order valence-corrected chi connectivity index (χ0v) is 19.0. The van der Waals surface area contributed by atoms with Crippen molar-refractivity contribution >= 4 is 45.3 Å². The maximum Gasteiger partial charge on any atom is 0.321 e. The van der Waals surface area contributed by atoms with Crippen LogP contribution in [0, 0.1) is 5.92 Å². The Kier molecular flexibility index (Phi) is 6.47. The van der Waals surface area contributed by atoms with Crippen LogP contribution in [0.2, 0.25) is 0 Å². The van der Waals surface area contributed by atoms with Gasteiger partial charge in [-0.3, -0.25) is 19.5 Å². The Labute approximate surface area is 187 Å². The van der Waals surface area contributed by atoms with Crippen molar-refractivity contribution in [1.82, 2.24) is 20.2 Å². The number of imide groups is 1. The standard InChI is InChI=1S/C21H24N4O4S2/c1-3-22-20(28)23-16(26)11-30-21-24-18-17(14-7-6-12(2)9-15(14)31-18)19(27)25(21)10-13-5-4-8-29-13/h4-5,8,12H,3,6-7,9-11H2,1-2H3,(H2,22,23,26,28).